The second-order valence-corrected chi connectivity index (χ2v) is 11.5. The van der Waals surface area contributed by atoms with Crippen molar-refractivity contribution in [2.24, 2.45) is 22.7 Å². The average Bonchev–Trinajstić information content (AvgIpc) is 2.77. The molecule has 0 aromatic rings. The van der Waals surface area contributed by atoms with Crippen LogP contribution in [0.5, 0.6) is 0 Å². The van der Waals surface area contributed by atoms with Crippen LogP contribution in [-0.2, 0) is 23.8 Å². The van der Waals surface area contributed by atoms with E-state index in [9.17, 15) is 24.9 Å². The first kappa shape index (κ1) is 28.0. The van der Waals surface area contributed by atoms with Crippen molar-refractivity contribution in [1.82, 2.24) is 0 Å². The quantitative estimate of drug-likeness (QED) is 0.267. The van der Waals surface area contributed by atoms with Crippen molar-refractivity contribution in [3.8, 4) is 0 Å². The zero-order valence-electron chi connectivity index (χ0n) is 21.6. The van der Waals surface area contributed by atoms with E-state index in [4.69, 9.17) is 14.2 Å². The molecule has 8 nitrogen and oxygen atoms in total. The summed E-state index contributed by atoms with van der Waals surface area (Å²) in [5.41, 5.74) is -0.827. The molecular formula is C27H42O8. The fourth-order valence-electron chi connectivity index (χ4n) is 6.75. The van der Waals surface area contributed by atoms with E-state index in [0.717, 1.165) is 37.5 Å². The molecule has 0 bridgehead atoms. The third-order valence-electron chi connectivity index (χ3n) is 8.62. The molecule has 3 N–H and O–H groups in total. The summed E-state index contributed by atoms with van der Waals surface area (Å²) in [6, 6.07) is 0. The van der Waals surface area contributed by atoms with Crippen molar-refractivity contribution in [3.05, 3.63) is 24.3 Å². The lowest BCUT2D eigenvalue weighted by molar-refractivity contribution is -0.295. The number of carbonyl (C=O) groups is 2. The molecule has 8 heteroatoms. The number of esters is 1. The number of aldehydes is 1. The van der Waals surface area contributed by atoms with Crippen molar-refractivity contribution in [2.75, 3.05) is 6.61 Å². The van der Waals surface area contributed by atoms with E-state index in [1.54, 1.807) is 13.0 Å². The van der Waals surface area contributed by atoms with Crippen molar-refractivity contribution >= 4 is 12.3 Å². The molecule has 3 rings (SSSR count). The minimum absolute atomic E-state index is 0.127. The Hall–Kier alpha value is -1.58. The summed E-state index contributed by atoms with van der Waals surface area (Å²) in [7, 11) is 0. The Morgan fingerprint density at radius 3 is 2.63 bits per heavy atom. The third kappa shape index (κ3) is 5.57. The molecule has 3 aliphatic rings. The van der Waals surface area contributed by atoms with Gasteiger partial charge in [0.2, 0.25) is 0 Å². The SMILES string of the molecule is C=CC(C)(O)CCC1C(C)=CC(OC2OCC(O)C(O)C2OC(C)=O)C2C(C)(C=O)CCCC12C. The Labute approximate surface area is 208 Å². The molecule has 10 unspecified atom stereocenters. The minimum atomic E-state index is -1.35. The largest absolute Gasteiger partial charge is 0.454 e. The highest BCUT2D eigenvalue weighted by atomic mass is 16.7. The Kier molecular flexibility index (Phi) is 8.34. The first-order valence-corrected chi connectivity index (χ1v) is 12.6. The smallest absolute Gasteiger partial charge is 0.303 e. The Balaban J connectivity index is 1.98. The van der Waals surface area contributed by atoms with Crippen molar-refractivity contribution in [3.63, 3.8) is 0 Å². The molecule has 1 saturated carbocycles. The van der Waals surface area contributed by atoms with Gasteiger partial charge in [0.05, 0.1) is 18.3 Å². The van der Waals surface area contributed by atoms with Crippen LogP contribution in [0.1, 0.15) is 66.7 Å². The van der Waals surface area contributed by atoms with Crippen LogP contribution < -0.4 is 0 Å². The molecule has 1 aliphatic heterocycles. The van der Waals surface area contributed by atoms with Crippen LogP contribution in [0.4, 0.5) is 0 Å². The highest BCUT2D eigenvalue weighted by molar-refractivity contribution is 5.66. The van der Waals surface area contributed by atoms with E-state index in [-0.39, 0.29) is 23.9 Å². The highest BCUT2D eigenvalue weighted by Gasteiger charge is 2.58. The molecule has 0 amide bonds. The second-order valence-electron chi connectivity index (χ2n) is 11.5. The third-order valence-corrected chi connectivity index (χ3v) is 8.62. The van der Waals surface area contributed by atoms with Gasteiger partial charge < -0.3 is 34.3 Å². The molecule has 198 valence electrons. The number of allylic oxidation sites excluding steroid dienone is 1. The molecule has 2 fully saturated rings. The average molecular weight is 495 g/mol. The van der Waals surface area contributed by atoms with Gasteiger partial charge in [0.1, 0.15) is 18.5 Å². The van der Waals surface area contributed by atoms with Crippen LogP contribution in [0.25, 0.3) is 0 Å². The summed E-state index contributed by atoms with van der Waals surface area (Å²) in [5, 5.41) is 31.1. The van der Waals surface area contributed by atoms with Gasteiger partial charge in [-0.05, 0) is 50.9 Å². The normalized spacial score (nSPS) is 43.3. The molecule has 10 atom stereocenters. The predicted molar refractivity (Wildman–Crippen MR) is 129 cm³/mol. The van der Waals surface area contributed by atoms with Crippen molar-refractivity contribution < 1.29 is 39.1 Å². The van der Waals surface area contributed by atoms with Crippen LogP contribution in [0.15, 0.2) is 24.3 Å². The number of aliphatic hydroxyl groups excluding tert-OH is 2. The zero-order valence-corrected chi connectivity index (χ0v) is 21.6. The summed E-state index contributed by atoms with van der Waals surface area (Å²) in [4.78, 5) is 24.2. The van der Waals surface area contributed by atoms with E-state index < -0.39 is 47.7 Å². The minimum Gasteiger partial charge on any atom is -0.454 e. The fraction of sp³-hybridized carbons (Fsp3) is 0.778. The predicted octanol–water partition coefficient (Wildman–Crippen LogP) is 2.69. The molecule has 0 spiro atoms. The van der Waals surface area contributed by atoms with Gasteiger partial charge in [-0.2, -0.15) is 0 Å². The van der Waals surface area contributed by atoms with E-state index in [0.29, 0.717) is 6.42 Å². The first-order chi connectivity index (χ1) is 16.3. The van der Waals surface area contributed by atoms with Gasteiger partial charge >= 0.3 is 5.97 Å². The summed E-state index contributed by atoms with van der Waals surface area (Å²) >= 11 is 0. The lowest BCUT2D eigenvalue weighted by Crippen LogP contribution is -2.60. The van der Waals surface area contributed by atoms with Crippen molar-refractivity contribution in [1.29, 1.82) is 0 Å². The molecule has 0 aromatic heterocycles. The summed E-state index contributed by atoms with van der Waals surface area (Å²) in [6.07, 6.45) is 3.03. The summed E-state index contributed by atoms with van der Waals surface area (Å²) < 4.78 is 17.4. The Morgan fingerprint density at radius 2 is 2.03 bits per heavy atom. The van der Waals surface area contributed by atoms with Crippen LogP contribution in [-0.4, -0.2) is 70.5 Å². The summed E-state index contributed by atoms with van der Waals surface area (Å²) in [5.74, 6) is -0.693. The van der Waals surface area contributed by atoms with Gasteiger partial charge in [0.15, 0.2) is 12.4 Å². The maximum Gasteiger partial charge on any atom is 0.303 e. The lowest BCUT2D eigenvalue weighted by atomic mass is 9.47. The number of hydrogen-bond acceptors (Lipinski definition) is 8. The maximum atomic E-state index is 12.5. The lowest BCUT2D eigenvalue weighted by Gasteiger charge is -2.59. The molecule has 1 heterocycles. The number of aliphatic hydroxyl groups is 3. The Bertz CT molecular complexity index is 837. The molecule has 1 saturated heterocycles. The molecule has 0 radical (unpaired) electrons. The Morgan fingerprint density at radius 1 is 1.34 bits per heavy atom. The number of rotatable bonds is 8. The van der Waals surface area contributed by atoms with Gasteiger partial charge in [-0.3, -0.25) is 4.79 Å². The van der Waals surface area contributed by atoms with Crippen LogP contribution in [0, 0.1) is 22.7 Å². The van der Waals surface area contributed by atoms with E-state index >= 15 is 0 Å². The standard InChI is InChI=1S/C27H42O8/c1-7-26(5,32)12-9-18-16(2)13-20(23-25(4,15-28)10-8-11-27(18,23)6)35-24-22(34-17(3)29)21(31)19(30)14-33-24/h7,13,15,18-24,30-32H,1,8-12,14H2,2-6H3. The van der Waals surface area contributed by atoms with E-state index in [1.807, 2.05) is 19.9 Å². The van der Waals surface area contributed by atoms with Gasteiger partial charge in [-0.1, -0.05) is 38.0 Å². The molecule has 0 aromatic carbocycles. The number of fused-ring (bicyclic) bond motifs is 1. The van der Waals surface area contributed by atoms with E-state index in [2.05, 4.69) is 13.5 Å². The molecule has 35 heavy (non-hydrogen) atoms. The van der Waals surface area contributed by atoms with Crippen LogP contribution in [0.3, 0.4) is 0 Å². The second kappa shape index (κ2) is 10.4. The fourth-order valence-corrected chi connectivity index (χ4v) is 6.75. The zero-order chi connectivity index (χ0) is 26.2. The molecular weight excluding hydrogens is 452 g/mol. The molecule has 2 aliphatic carbocycles. The topological polar surface area (TPSA) is 123 Å². The van der Waals surface area contributed by atoms with Crippen LogP contribution >= 0.6 is 0 Å². The van der Waals surface area contributed by atoms with Gasteiger partial charge in [-0.25, -0.2) is 0 Å². The highest BCUT2D eigenvalue weighted by Crippen LogP contribution is 2.61. The monoisotopic (exact) mass is 494 g/mol. The van der Waals surface area contributed by atoms with Gasteiger partial charge in [0.25, 0.3) is 0 Å². The number of ether oxygens (including phenoxy) is 3. The van der Waals surface area contributed by atoms with Gasteiger partial charge in [0, 0.05) is 18.3 Å². The number of hydrogen-bond donors (Lipinski definition) is 3. The van der Waals surface area contributed by atoms with Gasteiger partial charge in [-0.15, -0.1) is 6.58 Å². The van der Waals surface area contributed by atoms with Crippen LogP contribution in [0.2, 0.25) is 0 Å². The van der Waals surface area contributed by atoms with Crippen molar-refractivity contribution in [2.45, 2.75) is 103 Å². The number of carbonyl (C=O) groups excluding carboxylic acids is 2. The maximum absolute atomic E-state index is 12.5. The summed E-state index contributed by atoms with van der Waals surface area (Å²) in [6.45, 7) is 12.8. The van der Waals surface area contributed by atoms with E-state index in [1.165, 1.54) is 6.92 Å². The first-order valence-electron chi connectivity index (χ1n) is 12.6.